The molecule has 0 aromatic heterocycles. The van der Waals surface area contributed by atoms with Crippen LogP contribution in [-0.2, 0) is 24.6 Å². The highest BCUT2D eigenvalue weighted by atomic mass is 19.4. The number of carbonyl (C=O) groups is 1. The number of anilines is 1. The number of amides is 1. The van der Waals surface area contributed by atoms with Crippen molar-refractivity contribution in [2.45, 2.75) is 52.3 Å². The Morgan fingerprint density at radius 2 is 1.44 bits per heavy atom. The average Bonchev–Trinajstić information content (AvgIpc) is 2.82. The van der Waals surface area contributed by atoms with Crippen LogP contribution in [0.5, 0.6) is 0 Å². The van der Waals surface area contributed by atoms with Gasteiger partial charge in [-0.25, -0.2) is 4.39 Å². The van der Waals surface area contributed by atoms with Gasteiger partial charge in [0.2, 0.25) is 0 Å². The van der Waals surface area contributed by atoms with Gasteiger partial charge in [-0.05, 0) is 65.8 Å². The van der Waals surface area contributed by atoms with Crippen molar-refractivity contribution in [3.05, 3.63) is 100 Å². The van der Waals surface area contributed by atoms with Crippen molar-refractivity contribution in [1.82, 2.24) is 4.90 Å². The maximum atomic E-state index is 13.7. The summed E-state index contributed by atoms with van der Waals surface area (Å²) in [6, 6.07) is 17.1. The highest BCUT2D eigenvalue weighted by Gasteiger charge is 2.32. The first kappa shape index (κ1) is 27.2. The van der Waals surface area contributed by atoms with Gasteiger partial charge >= 0.3 is 6.18 Å². The second-order valence-electron chi connectivity index (χ2n) is 9.84. The van der Waals surface area contributed by atoms with Crippen molar-refractivity contribution in [1.29, 1.82) is 0 Å². The molecule has 0 saturated heterocycles. The number of hydrogen-bond donors (Lipinski definition) is 1. The molecule has 3 nitrogen and oxygen atoms in total. The van der Waals surface area contributed by atoms with Gasteiger partial charge in [-0.15, -0.1) is 0 Å². The molecule has 0 aliphatic rings. The number of benzene rings is 3. The third-order valence-electron chi connectivity index (χ3n) is 6.01. The van der Waals surface area contributed by atoms with Crippen LogP contribution in [0, 0.1) is 5.82 Å². The first-order valence-electron chi connectivity index (χ1n) is 12.0. The van der Waals surface area contributed by atoms with Crippen LogP contribution in [0.25, 0.3) is 0 Å². The van der Waals surface area contributed by atoms with E-state index in [9.17, 15) is 22.4 Å². The highest BCUT2D eigenvalue weighted by molar-refractivity contribution is 6.00. The molecule has 0 spiro atoms. The number of halogens is 4. The maximum Gasteiger partial charge on any atom is 0.416 e. The fourth-order valence-corrected chi connectivity index (χ4v) is 3.91. The largest absolute Gasteiger partial charge is 0.416 e. The van der Waals surface area contributed by atoms with E-state index < -0.39 is 17.6 Å². The molecule has 0 bridgehead atoms. The summed E-state index contributed by atoms with van der Waals surface area (Å²) < 4.78 is 53.7. The molecule has 1 N–H and O–H groups in total. The molecule has 0 atom stereocenters. The van der Waals surface area contributed by atoms with E-state index in [2.05, 4.69) is 26.1 Å². The topological polar surface area (TPSA) is 32.3 Å². The Hall–Kier alpha value is -3.35. The second kappa shape index (κ2) is 11.1. The molecule has 0 aliphatic heterocycles. The summed E-state index contributed by atoms with van der Waals surface area (Å²) in [5.41, 5.74) is 2.25. The molecule has 36 heavy (non-hydrogen) atoms. The van der Waals surface area contributed by atoms with E-state index in [1.54, 1.807) is 17.0 Å². The molecule has 3 rings (SSSR count). The normalized spacial score (nSPS) is 11.9. The Balaban J connectivity index is 1.95. The standard InChI is InChI=1S/C29H32F4N2O/c1-5-34-26-15-12-23(29(31,32)33)18-25(26)27(36)35(17-16-20-8-13-24(30)14-9-20)19-21-6-10-22(11-7-21)28(2,3)4/h6-15,18,34H,5,16-17,19H2,1-4H3. The van der Waals surface area contributed by atoms with E-state index in [4.69, 9.17) is 0 Å². The Morgan fingerprint density at radius 1 is 0.861 bits per heavy atom. The lowest BCUT2D eigenvalue weighted by atomic mass is 9.87. The van der Waals surface area contributed by atoms with Crippen molar-refractivity contribution < 1.29 is 22.4 Å². The van der Waals surface area contributed by atoms with Crippen molar-refractivity contribution in [3.63, 3.8) is 0 Å². The van der Waals surface area contributed by atoms with Crippen molar-refractivity contribution in [2.24, 2.45) is 0 Å². The van der Waals surface area contributed by atoms with Gasteiger partial charge in [-0.1, -0.05) is 57.2 Å². The molecule has 0 saturated carbocycles. The van der Waals surface area contributed by atoms with Gasteiger partial charge in [-0.3, -0.25) is 4.79 Å². The van der Waals surface area contributed by atoms with Crippen molar-refractivity contribution in [2.75, 3.05) is 18.4 Å². The van der Waals surface area contributed by atoms with Crippen LogP contribution in [0.1, 0.15) is 60.3 Å². The van der Waals surface area contributed by atoms with Crippen LogP contribution in [0.2, 0.25) is 0 Å². The summed E-state index contributed by atoms with van der Waals surface area (Å²) in [6.45, 7) is 9.08. The van der Waals surface area contributed by atoms with Crippen LogP contribution < -0.4 is 5.32 Å². The van der Waals surface area contributed by atoms with Gasteiger partial charge < -0.3 is 10.2 Å². The first-order chi connectivity index (χ1) is 16.9. The molecule has 1 amide bonds. The Morgan fingerprint density at radius 3 is 2.00 bits per heavy atom. The van der Waals surface area contributed by atoms with Gasteiger partial charge in [0.15, 0.2) is 0 Å². The molecule has 192 valence electrons. The molecule has 3 aromatic carbocycles. The SMILES string of the molecule is CCNc1ccc(C(F)(F)F)cc1C(=O)N(CCc1ccc(F)cc1)Cc1ccc(C(C)(C)C)cc1. The Kier molecular flexibility index (Phi) is 8.43. The monoisotopic (exact) mass is 500 g/mol. The number of rotatable bonds is 8. The second-order valence-corrected chi connectivity index (χ2v) is 9.84. The summed E-state index contributed by atoms with van der Waals surface area (Å²) >= 11 is 0. The molecule has 0 radical (unpaired) electrons. The lowest BCUT2D eigenvalue weighted by molar-refractivity contribution is -0.137. The number of nitrogens with zero attached hydrogens (tertiary/aromatic N) is 1. The highest BCUT2D eigenvalue weighted by Crippen LogP contribution is 2.32. The van der Waals surface area contributed by atoms with E-state index in [0.29, 0.717) is 18.7 Å². The fraction of sp³-hybridized carbons (Fsp3) is 0.345. The summed E-state index contributed by atoms with van der Waals surface area (Å²) in [4.78, 5) is 15.2. The third-order valence-corrected chi connectivity index (χ3v) is 6.01. The van der Waals surface area contributed by atoms with E-state index in [0.717, 1.165) is 28.8 Å². The zero-order chi connectivity index (χ0) is 26.5. The van der Waals surface area contributed by atoms with Crippen molar-refractivity contribution in [3.8, 4) is 0 Å². The van der Waals surface area contributed by atoms with Crippen LogP contribution in [0.3, 0.4) is 0 Å². The summed E-state index contributed by atoms with van der Waals surface area (Å²) in [7, 11) is 0. The zero-order valence-electron chi connectivity index (χ0n) is 21.0. The zero-order valence-corrected chi connectivity index (χ0v) is 21.0. The van der Waals surface area contributed by atoms with Gasteiger partial charge in [0, 0.05) is 25.3 Å². The fourth-order valence-electron chi connectivity index (χ4n) is 3.91. The van der Waals surface area contributed by atoms with E-state index >= 15 is 0 Å². The molecule has 0 heterocycles. The van der Waals surface area contributed by atoms with Crippen LogP contribution in [-0.4, -0.2) is 23.9 Å². The molecule has 0 fully saturated rings. The van der Waals surface area contributed by atoms with Gasteiger partial charge in [0.25, 0.3) is 5.91 Å². The van der Waals surface area contributed by atoms with Gasteiger partial charge in [0.1, 0.15) is 5.82 Å². The van der Waals surface area contributed by atoms with Crippen LogP contribution >= 0.6 is 0 Å². The number of alkyl halides is 3. The summed E-state index contributed by atoms with van der Waals surface area (Å²) in [5, 5.41) is 3.00. The number of hydrogen-bond acceptors (Lipinski definition) is 2. The van der Waals surface area contributed by atoms with Crippen LogP contribution in [0.4, 0.5) is 23.2 Å². The molecular weight excluding hydrogens is 468 g/mol. The smallest absolute Gasteiger partial charge is 0.385 e. The van der Waals surface area contributed by atoms with E-state index in [-0.39, 0.29) is 29.9 Å². The first-order valence-corrected chi connectivity index (χ1v) is 12.0. The summed E-state index contributed by atoms with van der Waals surface area (Å²) in [5.74, 6) is -0.857. The number of carbonyl (C=O) groups excluding carboxylic acids is 1. The maximum absolute atomic E-state index is 13.7. The minimum Gasteiger partial charge on any atom is -0.385 e. The van der Waals surface area contributed by atoms with Gasteiger partial charge in [-0.2, -0.15) is 13.2 Å². The molecule has 0 aliphatic carbocycles. The molecule has 3 aromatic rings. The summed E-state index contributed by atoms with van der Waals surface area (Å²) in [6.07, 6.45) is -4.14. The third kappa shape index (κ3) is 7.09. The quantitative estimate of drug-likeness (QED) is 0.326. The van der Waals surface area contributed by atoms with E-state index in [1.807, 2.05) is 31.2 Å². The average molecular weight is 501 g/mol. The lowest BCUT2D eigenvalue weighted by Gasteiger charge is -2.26. The molecule has 0 unspecified atom stereocenters. The predicted octanol–water partition coefficient (Wildman–Crippen LogP) is 7.46. The lowest BCUT2D eigenvalue weighted by Crippen LogP contribution is -2.33. The minimum atomic E-state index is -4.57. The number of nitrogens with one attached hydrogen (secondary N) is 1. The predicted molar refractivity (Wildman–Crippen MR) is 136 cm³/mol. The van der Waals surface area contributed by atoms with Gasteiger partial charge in [0.05, 0.1) is 11.1 Å². The van der Waals surface area contributed by atoms with E-state index in [1.165, 1.54) is 18.2 Å². The molecule has 7 heteroatoms. The molecular formula is C29H32F4N2O. The van der Waals surface area contributed by atoms with Crippen molar-refractivity contribution >= 4 is 11.6 Å². The minimum absolute atomic E-state index is 0.0305. The Labute approximate surface area is 210 Å². The Bertz CT molecular complexity index is 1160. The van der Waals surface area contributed by atoms with Crippen LogP contribution in [0.15, 0.2) is 66.7 Å².